The molecule has 5 aromatic rings. The summed E-state index contributed by atoms with van der Waals surface area (Å²) in [4.78, 5) is 39.6. The van der Waals surface area contributed by atoms with E-state index < -0.39 is 11.4 Å². The number of unbranched alkanes of at least 4 members (excludes halogenated alkanes) is 2. The fraction of sp³-hybridized carbons (Fsp3) is 0.312. The molecule has 3 heterocycles. The molecule has 6 rings (SSSR count). The van der Waals surface area contributed by atoms with Crippen LogP contribution in [0.1, 0.15) is 62.5 Å². The number of carbonyl (C=O) groups is 1. The van der Waals surface area contributed by atoms with E-state index in [1.807, 2.05) is 6.07 Å². The second-order valence-corrected chi connectivity index (χ2v) is 11.0. The molecular weight excluding hydrogens is 563 g/mol. The molecule has 0 radical (unpaired) electrons. The van der Waals surface area contributed by atoms with Gasteiger partial charge >= 0.3 is 5.97 Å². The molecule has 226 valence electrons. The first kappa shape index (κ1) is 29.0. The average Bonchev–Trinajstić information content (AvgIpc) is 3.77. The van der Waals surface area contributed by atoms with E-state index in [-0.39, 0.29) is 42.1 Å². The summed E-state index contributed by atoms with van der Waals surface area (Å²) >= 11 is 0. The number of esters is 1. The number of aryl methyl sites for hydroxylation is 1. The molecule has 3 aromatic heterocycles. The highest BCUT2D eigenvalue weighted by Gasteiger charge is 2.26. The van der Waals surface area contributed by atoms with Gasteiger partial charge in [0, 0.05) is 37.0 Å². The van der Waals surface area contributed by atoms with Gasteiger partial charge in [-0.2, -0.15) is 20.1 Å². The number of carbonyl (C=O) groups excluding carboxylic acids is 1. The number of pyridine rings is 1. The highest BCUT2D eigenvalue weighted by atomic mass is 19.1. The number of fused-ring (bicyclic) bond motifs is 1. The van der Waals surface area contributed by atoms with Crippen LogP contribution in [-0.2, 0) is 23.2 Å². The third-order valence-corrected chi connectivity index (χ3v) is 7.66. The Morgan fingerprint density at radius 2 is 2.00 bits per heavy atom. The van der Waals surface area contributed by atoms with E-state index in [1.165, 1.54) is 10.6 Å². The van der Waals surface area contributed by atoms with E-state index in [0.717, 1.165) is 31.2 Å². The SMILES string of the molecule is CCCCCC(=O)OCc1c(-c2nc(N)nc(Nc3cnn(C)c3)n2)cccc1-n1ccc2cc(C3CC3)cc(F)c2c1=O. The van der Waals surface area contributed by atoms with Crippen molar-refractivity contribution in [1.82, 2.24) is 29.3 Å². The topological polar surface area (TPSA) is 143 Å². The third kappa shape index (κ3) is 6.14. The van der Waals surface area contributed by atoms with Gasteiger partial charge in [-0.25, -0.2) is 4.39 Å². The van der Waals surface area contributed by atoms with E-state index in [2.05, 4.69) is 32.3 Å². The molecule has 11 nitrogen and oxygen atoms in total. The molecule has 2 aromatic carbocycles. The second-order valence-electron chi connectivity index (χ2n) is 11.0. The summed E-state index contributed by atoms with van der Waals surface area (Å²) in [5.41, 5.74) is 8.46. The predicted molar refractivity (Wildman–Crippen MR) is 165 cm³/mol. The number of nitrogens with two attached hydrogens (primary N) is 1. The summed E-state index contributed by atoms with van der Waals surface area (Å²) in [5, 5.41) is 7.75. The molecule has 1 aliphatic carbocycles. The molecule has 0 amide bonds. The molecule has 0 atom stereocenters. The Bertz CT molecular complexity index is 1910. The minimum absolute atomic E-state index is 0.00261. The predicted octanol–water partition coefficient (Wildman–Crippen LogP) is 5.54. The number of nitrogen functional groups attached to an aromatic ring is 1. The molecule has 0 saturated heterocycles. The van der Waals surface area contributed by atoms with Gasteiger partial charge in [0.1, 0.15) is 12.4 Å². The minimum Gasteiger partial charge on any atom is -0.461 e. The molecule has 0 aliphatic heterocycles. The van der Waals surface area contributed by atoms with Crippen LogP contribution in [0.25, 0.3) is 27.8 Å². The lowest BCUT2D eigenvalue weighted by Gasteiger charge is -2.17. The molecule has 0 bridgehead atoms. The van der Waals surface area contributed by atoms with Crippen molar-refractivity contribution < 1.29 is 13.9 Å². The number of halogens is 1. The zero-order valence-corrected chi connectivity index (χ0v) is 24.6. The van der Waals surface area contributed by atoms with Gasteiger partial charge in [-0.1, -0.05) is 38.0 Å². The molecule has 44 heavy (non-hydrogen) atoms. The first-order chi connectivity index (χ1) is 21.3. The number of nitrogens with zero attached hydrogens (tertiary/aromatic N) is 6. The van der Waals surface area contributed by atoms with Crippen LogP contribution in [0, 0.1) is 5.82 Å². The van der Waals surface area contributed by atoms with E-state index in [0.29, 0.717) is 40.2 Å². The maximum absolute atomic E-state index is 15.4. The van der Waals surface area contributed by atoms with Crippen molar-refractivity contribution in [1.29, 1.82) is 0 Å². The monoisotopic (exact) mass is 596 g/mol. The molecule has 12 heteroatoms. The Morgan fingerprint density at radius 3 is 2.75 bits per heavy atom. The first-order valence-electron chi connectivity index (χ1n) is 14.7. The van der Waals surface area contributed by atoms with E-state index in [1.54, 1.807) is 54.6 Å². The standard InChI is InChI=1S/C32H33FN8O3/c1-3-4-5-9-27(42)44-18-24-23(29-37-31(34)39-32(38-29)36-22-16-35-40(2)17-22)7-6-8-26(24)41-13-12-20-14-21(19-10-11-19)15-25(33)28(20)30(41)43/h6-8,12-17,19H,3-5,9-11,18H2,1-2H3,(H3,34,36,37,38,39). The molecule has 1 fully saturated rings. The van der Waals surface area contributed by atoms with Crippen LogP contribution in [0.5, 0.6) is 0 Å². The van der Waals surface area contributed by atoms with E-state index in [9.17, 15) is 9.59 Å². The van der Waals surface area contributed by atoms with Gasteiger partial charge in [0.15, 0.2) is 5.82 Å². The van der Waals surface area contributed by atoms with Crippen molar-refractivity contribution in [3.8, 4) is 17.1 Å². The van der Waals surface area contributed by atoms with Gasteiger partial charge in [-0.05, 0) is 54.3 Å². The van der Waals surface area contributed by atoms with Crippen molar-refractivity contribution >= 4 is 34.3 Å². The second kappa shape index (κ2) is 12.2. The summed E-state index contributed by atoms with van der Waals surface area (Å²) in [6.07, 6.45) is 9.90. The van der Waals surface area contributed by atoms with E-state index >= 15 is 4.39 Å². The fourth-order valence-electron chi connectivity index (χ4n) is 5.28. The highest BCUT2D eigenvalue weighted by molar-refractivity contribution is 5.84. The smallest absolute Gasteiger partial charge is 0.306 e. The normalized spacial score (nSPS) is 12.9. The summed E-state index contributed by atoms with van der Waals surface area (Å²) in [5.74, 6) is -0.220. The number of anilines is 3. The number of hydrogen-bond donors (Lipinski definition) is 2. The number of ether oxygens (including phenoxy) is 1. The molecule has 0 unspecified atom stereocenters. The van der Waals surface area contributed by atoms with Crippen molar-refractivity contribution in [2.45, 2.75) is 58.0 Å². The Labute approximate surface area is 252 Å². The van der Waals surface area contributed by atoms with Crippen molar-refractivity contribution in [2.24, 2.45) is 7.05 Å². The fourth-order valence-corrected chi connectivity index (χ4v) is 5.28. The minimum atomic E-state index is -0.555. The molecule has 1 saturated carbocycles. The Balaban J connectivity index is 1.44. The lowest BCUT2D eigenvalue weighted by Crippen LogP contribution is -2.21. The van der Waals surface area contributed by atoms with Gasteiger partial charge in [0.05, 0.1) is 23.0 Å². The first-order valence-corrected chi connectivity index (χ1v) is 14.7. The van der Waals surface area contributed by atoms with Crippen LogP contribution in [0.4, 0.5) is 22.0 Å². The van der Waals surface area contributed by atoms with Gasteiger partial charge in [0.2, 0.25) is 11.9 Å². The van der Waals surface area contributed by atoms with Gasteiger partial charge < -0.3 is 15.8 Å². The molecule has 3 N–H and O–H groups in total. The van der Waals surface area contributed by atoms with Crippen molar-refractivity contribution in [2.75, 3.05) is 11.1 Å². The maximum Gasteiger partial charge on any atom is 0.306 e. The van der Waals surface area contributed by atoms with Gasteiger partial charge in [0.25, 0.3) is 5.56 Å². The summed E-state index contributed by atoms with van der Waals surface area (Å²) < 4.78 is 24.1. The molecular formula is C32H33FN8O3. The largest absolute Gasteiger partial charge is 0.461 e. The quantitative estimate of drug-likeness (QED) is 0.148. The Morgan fingerprint density at radius 1 is 1.16 bits per heavy atom. The van der Waals surface area contributed by atoms with Gasteiger partial charge in [-0.3, -0.25) is 18.8 Å². The number of hydrogen-bond acceptors (Lipinski definition) is 9. The summed E-state index contributed by atoms with van der Waals surface area (Å²) in [7, 11) is 1.78. The Kier molecular flexibility index (Phi) is 8.05. The van der Waals surface area contributed by atoms with Gasteiger partial charge in [-0.15, -0.1) is 0 Å². The molecule has 0 spiro atoms. The Hall–Kier alpha value is -5.13. The highest BCUT2D eigenvalue weighted by Crippen LogP contribution is 2.41. The van der Waals surface area contributed by atoms with Crippen LogP contribution in [-0.4, -0.2) is 35.3 Å². The average molecular weight is 597 g/mol. The van der Waals surface area contributed by atoms with Crippen LogP contribution in [0.2, 0.25) is 0 Å². The van der Waals surface area contributed by atoms with Crippen LogP contribution < -0.4 is 16.6 Å². The zero-order chi connectivity index (χ0) is 30.8. The van der Waals surface area contributed by atoms with Crippen molar-refractivity contribution in [3.63, 3.8) is 0 Å². The number of rotatable bonds is 11. The third-order valence-electron chi connectivity index (χ3n) is 7.66. The zero-order valence-electron chi connectivity index (χ0n) is 24.6. The van der Waals surface area contributed by atoms with Crippen LogP contribution in [0.3, 0.4) is 0 Å². The van der Waals surface area contributed by atoms with E-state index in [4.69, 9.17) is 10.5 Å². The van der Waals surface area contributed by atoms with Crippen LogP contribution >= 0.6 is 0 Å². The van der Waals surface area contributed by atoms with Crippen molar-refractivity contribution in [3.05, 3.63) is 82.3 Å². The number of aromatic nitrogens is 6. The maximum atomic E-state index is 15.4. The van der Waals surface area contributed by atoms with Crippen LogP contribution in [0.15, 0.2) is 59.8 Å². The number of benzene rings is 2. The molecule has 1 aliphatic rings. The summed E-state index contributed by atoms with van der Waals surface area (Å²) in [6.45, 7) is 1.89. The number of nitrogens with one attached hydrogen (secondary N) is 1. The lowest BCUT2D eigenvalue weighted by molar-refractivity contribution is -0.145. The lowest BCUT2D eigenvalue weighted by atomic mass is 10.0. The summed E-state index contributed by atoms with van der Waals surface area (Å²) in [6, 6.07) is 10.3.